The van der Waals surface area contributed by atoms with E-state index in [4.69, 9.17) is 0 Å². The number of hydrogen-bond acceptors (Lipinski definition) is 2. The Bertz CT molecular complexity index is 477. The minimum Gasteiger partial charge on any atom is -0.311 e. The number of rotatable bonds is 2. The average Bonchev–Trinajstić information content (AvgIpc) is 2.30. The first kappa shape index (κ1) is 10.4. The molecule has 0 unspecified atom stereocenters. The van der Waals surface area contributed by atoms with Gasteiger partial charge in [0, 0.05) is 18.7 Å². The molecule has 1 aromatic carbocycles. The summed E-state index contributed by atoms with van der Waals surface area (Å²) in [6.45, 7) is 1.47. The summed E-state index contributed by atoms with van der Waals surface area (Å²) in [5.74, 6) is 0.465. The number of aromatic nitrogens is 1. The summed E-state index contributed by atoms with van der Waals surface area (Å²) in [5.41, 5.74) is 2.15. The fourth-order valence-electron chi connectivity index (χ4n) is 1.45. The molecule has 1 N–H and O–H groups in total. The summed E-state index contributed by atoms with van der Waals surface area (Å²) < 4.78 is 0. The number of benzene rings is 1. The van der Waals surface area contributed by atoms with Crippen LogP contribution in [-0.2, 0) is 4.79 Å². The van der Waals surface area contributed by atoms with Crippen molar-refractivity contribution in [1.29, 1.82) is 0 Å². The molecule has 0 atom stereocenters. The zero-order valence-electron chi connectivity index (χ0n) is 8.97. The summed E-state index contributed by atoms with van der Waals surface area (Å²) in [5, 5.41) is 2.63. The van der Waals surface area contributed by atoms with Crippen molar-refractivity contribution in [2.24, 2.45) is 0 Å². The zero-order valence-corrected chi connectivity index (χ0v) is 8.97. The normalized spacial score (nSPS) is 9.81. The monoisotopic (exact) mass is 212 g/mol. The van der Waals surface area contributed by atoms with Crippen LogP contribution in [0.2, 0.25) is 0 Å². The van der Waals surface area contributed by atoms with Crippen molar-refractivity contribution in [3.8, 4) is 11.1 Å². The molecule has 0 spiro atoms. The maximum Gasteiger partial charge on any atom is 0.222 e. The molecular weight excluding hydrogens is 200 g/mol. The average molecular weight is 212 g/mol. The van der Waals surface area contributed by atoms with Gasteiger partial charge in [0.15, 0.2) is 0 Å². The van der Waals surface area contributed by atoms with Crippen LogP contribution in [0, 0.1) is 0 Å². The third-order valence-corrected chi connectivity index (χ3v) is 2.17. The molecule has 0 fully saturated rings. The Morgan fingerprint density at radius 3 is 2.38 bits per heavy atom. The molecule has 0 radical (unpaired) electrons. The third kappa shape index (κ3) is 2.45. The van der Waals surface area contributed by atoms with Gasteiger partial charge in [0.05, 0.1) is 0 Å². The molecule has 2 aromatic rings. The van der Waals surface area contributed by atoms with Gasteiger partial charge in [0.2, 0.25) is 5.91 Å². The van der Waals surface area contributed by atoms with E-state index in [0.717, 1.165) is 11.1 Å². The van der Waals surface area contributed by atoms with E-state index in [1.807, 2.05) is 36.4 Å². The van der Waals surface area contributed by atoms with Crippen LogP contribution in [-0.4, -0.2) is 10.9 Å². The standard InChI is InChI=1S/C13H12N2O/c1-10(16)15-13-8-7-12(9-14-13)11-5-3-2-4-6-11/h2-9H,1H3,(H,14,15,16). The molecule has 0 saturated heterocycles. The van der Waals surface area contributed by atoms with Gasteiger partial charge in [-0.05, 0) is 17.7 Å². The number of pyridine rings is 1. The highest BCUT2D eigenvalue weighted by molar-refractivity contribution is 5.87. The Labute approximate surface area is 94.1 Å². The number of nitrogens with one attached hydrogen (secondary N) is 1. The maximum atomic E-state index is 10.8. The molecule has 1 heterocycles. The van der Waals surface area contributed by atoms with Gasteiger partial charge < -0.3 is 5.32 Å². The smallest absolute Gasteiger partial charge is 0.222 e. The highest BCUT2D eigenvalue weighted by Crippen LogP contribution is 2.18. The lowest BCUT2D eigenvalue weighted by Gasteiger charge is -2.03. The van der Waals surface area contributed by atoms with Gasteiger partial charge >= 0.3 is 0 Å². The van der Waals surface area contributed by atoms with E-state index in [-0.39, 0.29) is 5.91 Å². The van der Waals surface area contributed by atoms with Gasteiger partial charge in [-0.3, -0.25) is 4.79 Å². The van der Waals surface area contributed by atoms with E-state index in [2.05, 4.69) is 10.3 Å². The topological polar surface area (TPSA) is 42.0 Å². The Kier molecular flexibility index (Phi) is 2.96. The van der Waals surface area contributed by atoms with Crippen molar-refractivity contribution in [3.63, 3.8) is 0 Å². The minimum absolute atomic E-state index is 0.111. The first-order valence-corrected chi connectivity index (χ1v) is 5.05. The van der Waals surface area contributed by atoms with Crippen LogP contribution < -0.4 is 5.32 Å². The third-order valence-electron chi connectivity index (χ3n) is 2.17. The molecule has 3 heteroatoms. The molecule has 0 aliphatic rings. The second-order valence-electron chi connectivity index (χ2n) is 3.48. The van der Waals surface area contributed by atoms with E-state index in [0.29, 0.717) is 5.82 Å². The highest BCUT2D eigenvalue weighted by Gasteiger charge is 1.99. The van der Waals surface area contributed by atoms with Crippen molar-refractivity contribution in [1.82, 2.24) is 4.98 Å². The molecular formula is C13H12N2O. The predicted molar refractivity (Wildman–Crippen MR) is 64.0 cm³/mol. The molecule has 0 aliphatic carbocycles. The van der Waals surface area contributed by atoms with E-state index in [1.165, 1.54) is 6.92 Å². The lowest BCUT2D eigenvalue weighted by molar-refractivity contribution is -0.114. The molecule has 1 aromatic heterocycles. The number of anilines is 1. The van der Waals surface area contributed by atoms with Gasteiger partial charge in [0.25, 0.3) is 0 Å². The Balaban J connectivity index is 2.23. The fourth-order valence-corrected chi connectivity index (χ4v) is 1.45. The Hall–Kier alpha value is -2.16. The van der Waals surface area contributed by atoms with Gasteiger partial charge in [-0.25, -0.2) is 4.98 Å². The number of carbonyl (C=O) groups is 1. The van der Waals surface area contributed by atoms with Crippen LogP contribution >= 0.6 is 0 Å². The quantitative estimate of drug-likeness (QED) is 0.831. The summed E-state index contributed by atoms with van der Waals surface area (Å²) >= 11 is 0. The second-order valence-corrected chi connectivity index (χ2v) is 3.48. The summed E-state index contributed by atoms with van der Waals surface area (Å²) in [7, 11) is 0. The van der Waals surface area contributed by atoms with Gasteiger partial charge in [-0.2, -0.15) is 0 Å². The van der Waals surface area contributed by atoms with Crippen LogP contribution in [0.15, 0.2) is 48.7 Å². The van der Waals surface area contributed by atoms with E-state index < -0.39 is 0 Å². The Morgan fingerprint density at radius 1 is 1.06 bits per heavy atom. The summed E-state index contributed by atoms with van der Waals surface area (Å²) in [4.78, 5) is 15.0. The second kappa shape index (κ2) is 4.57. The molecule has 2 rings (SSSR count). The van der Waals surface area contributed by atoms with E-state index in [1.54, 1.807) is 12.3 Å². The number of carbonyl (C=O) groups excluding carboxylic acids is 1. The summed E-state index contributed by atoms with van der Waals surface area (Å²) in [6.07, 6.45) is 1.75. The lowest BCUT2D eigenvalue weighted by Crippen LogP contribution is -2.06. The van der Waals surface area contributed by atoms with Gasteiger partial charge in [0.1, 0.15) is 5.82 Å². The fraction of sp³-hybridized carbons (Fsp3) is 0.0769. The first-order valence-electron chi connectivity index (χ1n) is 5.05. The van der Waals surface area contributed by atoms with Crippen LogP contribution in [0.5, 0.6) is 0 Å². The summed E-state index contributed by atoms with van der Waals surface area (Å²) in [6, 6.07) is 13.7. The highest BCUT2D eigenvalue weighted by atomic mass is 16.1. The largest absolute Gasteiger partial charge is 0.311 e. The number of amides is 1. The van der Waals surface area contributed by atoms with Crippen molar-refractivity contribution in [3.05, 3.63) is 48.7 Å². The molecule has 1 amide bonds. The van der Waals surface area contributed by atoms with Crippen LogP contribution in [0.1, 0.15) is 6.92 Å². The van der Waals surface area contributed by atoms with Crippen molar-refractivity contribution in [2.75, 3.05) is 5.32 Å². The molecule has 16 heavy (non-hydrogen) atoms. The van der Waals surface area contributed by atoms with E-state index >= 15 is 0 Å². The van der Waals surface area contributed by atoms with E-state index in [9.17, 15) is 4.79 Å². The zero-order chi connectivity index (χ0) is 11.4. The lowest BCUT2D eigenvalue weighted by atomic mass is 10.1. The number of nitrogens with zero attached hydrogens (tertiary/aromatic N) is 1. The minimum atomic E-state index is -0.111. The SMILES string of the molecule is CC(=O)Nc1ccc(-c2ccccc2)cn1. The van der Waals surface area contributed by atoms with Crippen LogP contribution in [0.3, 0.4) is 0 Å². The molecule has 0 bridgehead atoms. The van der Waals surface area contributed by atoms with Gasteiger partial charge in [-0.15, -0.1) is 0 Å². The predicted octanol–water partition coefficient (Wildman–Crippen LogP) is 2.71. The first-order chi connectivity index (χ1) is 7.75. The molecule has 0 aliphatic heterocycles. The van der Waals surface area contributed by atoms with Crippen molar-refractivity contribution < 1.29 is 4.79 Å². The Morgan fingerprint density at radius 2 is 1.81 bits per heavy atom. The van der Waals surface area contributed by atoms with Gasteiger partial charge in [-0.1, -0.05) is 30.3 Å². The van der Waals surface area contributed by atoms with Crippen LogP contribution in [0.25, 0.3) is 11.1 Å². The maximum absolute atomic E-state index is 10.8. The number of hydrogen-bond donors (Lipinski definition) is 1. The molecule has 80 valence electrons. The van der Waals surface area contributed by atoms with Crippen LogP contribution in [0.4, 0.5) is 5.82 Å². The molecule has 0 saturated carbocycles. The molecule has 3 nitrogen and oxygen atoms in total. The van der Waals surface area contributed by atoms with Crippen molar-refractivity contribution >= 4 is 11.7 Å². The van der Waals surface area contributed by atoms with Crippen molar-refractivity contribution in [2.45, 2.75) is 6.92 Å².